The normalized spacial score (nSPS) is 15.3. The van der Waals surface area contributed by atoms with E-state index in [1.807, 2.05) is 48.4 Å². The highest BCUT2D eigenvalue weighted by Gasteiger charge is 2.37. The van der Waals surface area contributed by atoms with Crippen molar-refractivity contribution in [2.45, 2.75) is 25.2 Å². The molecule has 0 bridgehead atoms. The first-order chi connectivity index (χ1) is 17.2. The number of carbonyl (C=O) groups is 1. The molecule has 0 saturated carbocycles. The standard InChI is InChI=1S/C31H28N2O2/c1-24-21-33(30(23-34)35-24)22-25-13-11-12-20-29(25)32-31(26-14-5-2-6-15-26,27-16-7-3-8-17-27)28-18-9-4-10-19-28/h2-21,23,30,32H,22H2,1H3. The maximum Gasteiger partial charge on any atom is 0.228 e. The van der Waals surface area contributed by atoms with E-state index >= 15 is 0 Å². The predicted octanol–water partition coefficient (Wildman–Crippen LogP) is 6.31. The monoisotopic (exact) mass is 460 g/mol. The molecule has 5 rings (SSSR count). The van der Waals surface area contributed by atoms with E-state index in [2.05, 4.69) is 90.2 Å². The number of hydrogen-bond acceptors (Lipinski definition) is 4. The van der Waals surface area contributed by atoms with Crippen molar-refractivity contribution in [2.75, 3.05) is 5.32 Å². The van der Waals surface area contributed by atoms with Crippen LogP contribution in [0.5, 0.6) is 0 Å². The van der Waals surface area contributed by atoms with E-state index in [0.717, 1.165) is 40.0 Å². The molecule has 0 radical (unpaired) electrons. The predicted molar refractivity (Wildman–Crippen MR) is 140 cm³/mol. The van der Waals surface area contributed by atoms with Gasteiger partial charge in [0.2, 0.25) is 6.23 Å². The quantitative estimate of drug-likeness (QED) is 0.247. The van der Waals surface area contributed by atoms with Gasteiger partial charge in [-0.05, 0) is 35.2 Å². The third kappa shape index (κ3) is 4.43. The highest BCUT2D eigenvalue weighted by atomic mass is 16.5. The topological polar surface area (TPSA) is 41.6 Å². The second-order valence-corrected chi connectivity index (χ2v) is 8.69. The number of benzene rings is 4. The molecule has 0 spiro atoms. The number of hydrogen-bond donors (Lipinski definition) is 1. The fraction of sp³-hybridized carbons (Fsp3) is 0.129. The Morgan fingerprint density at radius 3 is 1.77 bits per heavy atom. The van der Waals surface area contributed by atoms with Gasteiger partial charge in [-0.25, -0.2) is 0 Å². The Balaban J connectivity index is 1.66. The lowest BCUT2D eigenvalue weighted by Gasteiger charge is -2.38. The lowest BCUT2D eigenvalue weighted by molar-refractivity contribution is -0.121. The van der Waals surface area contributed by atoms with Crippen molar-refractivity contribution in [1.82, 2.24) is 4.90 Å². The van der Waals surface area contributed by atoms with Gasteiger partial charge in [0.05, 0.1) is 0 Å². The van der Waals surface area contributed by atoms with E-state index in [0.29, 0.717) is 6.54 Å². The molecule has 4 aromatic rings. The fourth-order valence-corrected chi connectivity index (χ4v) is 4.80. The highest BCUT2D eigenvalue weighted by Crippen LogP contribution is 2.41. The van der Waals surface area contributed by atoms with Crippen LogP contribution in [0.4, 0.5) is 5.69 Å². The van der Waals surface area contributed by atoms with Gasteiger partial charge < -0.3 is 15.0 Å². The maximum absolute atomic E-state index is 11.6. The maximum atomic E-state index is 11.6. The summed E-state index contributed by atoms with van der Waals surface area (Å²) in [5.74, 6) is 0.736. The third-order valence-corrected chi connectivity index (χ3v) is 6.41. The van der Waals surface area contributed by atoms with E-state index < -0.39 is 11.8 Å². The van der Waals surface area contributed by atoms with Crippen LogP contribution in [0.2, 0.25) is 0 Å². The Bertz CT molecular complexity index is 1210. The highest BCUT2D eigenvalue weighted by molar-refractivity contribution is 5.63. The fourth-order valence-electron chi connectivity index (χ4n) is 4.80. The number of carbonyl (C=O) groups excluding carboxylic acids is 1. The van der Waals surface area contributed by atoms with E-state index in [9.17, 15) is 4.79 Å². The molecule has 4 aromatic carbocycles. The molecule has 1 unspecified atom stereocenters. The van der Waals surface area contributed by atoms with Crippen LogP contribution in [0.1, 0.15) is 29.2 Å². The summed E-state index contributed by atoms with van der Waals surface area (Å²) < 4.78 is 5.64. The largest absolute Gasteiger partial charge is 0.467 e. The smallest absolute Gasteiger partial charge is 0.228 e. The zero-order valence-electron chi connectivity index (χ0n) is 19.7. The number of allylic oxidation sites excluding steroid dienone is 1. The SMILES string of the molecule is CC1=CN(Cc2ccccc2NC(c2ccccc2)(c2ccccc2)c2ccccc2)C(C=O)O1. The minimum absolute atomic E-state index is 0.540. The van der Waals surface area contributed by atoms with Crippen molar-refractivity contribution in [3.8, 4) is 0 Å². The number of nitrogens with zero attached hydrogens (tertiary/aromatic N) is 1. The van der Waals surface area contributed by atoms with Crippen LogP contribution in [0, 0.1) is 0 Å². The van der Waals surface area contributed by atoms with E-state index in [-0.39, 0.29) is 0 Å². The Labute approximate surface area is 206 Å². The molecule has 0 saturated heterocycles. The summed E-state index contributed by atoms with van der Waals surface area (Å²) >= 11 is 0. The van der Waals surface area contributed by atoms with Crippen molar-refractivity contribution in [3.05, 3.63) is 149 Å². The van der Waals surface area contributed by atoms with Gasteiger partial charge in [0, 0.05) is 18.4 Å². The first kappa shape index (κ1) is 22.5. The molecule has 0 fully saturated rings. The Kier molecular flexibility index (Phi) is 6.36. The molecule has 1 aliphatic rings. The van der Waals surface area contributed by atoms with Crippen molar-refractivity contribution < 1.29 is 9.53 Å². The summed E-state index contributed by atoms with van der Waals surface area (Å²) in [6.07, 6.45) is 2.13. The first-order valence-electron chi connectivity index (χ1n) is 11.8. The van der Waals surface area contributed by atoms with Crippen LogP contribution in [-0.2, 0) is 21.6 Å². The van der Waals surface area contributed by atoms with Gasteiger partial charge >= 0.3 is 0 Å². The van der Waals surface area contributed by atoms with Gasteiger partial charge in [0.15, 0.2) is 6.29 Å². The van der Waals surface area contributed by atoms with Crippen LogP contribution >= 0.6 is 0 Å². The van der Waals surface area contributed by atoms with Gasteiger partial charge in [0.1, 0.15) is 11.3 Å². The summed E-state index contributed by atoms with van der Waals surface area (Å²) in [5.41, 5.74) is 4.85. The molecule has 0 aliphatic carbocycles. The van der Waals surface area contributed by atoms with E-state index in [1.54, 1.807) is 0 Å². The molecule has 1 N–H and O–H groups in total. The minimum Gasteiger partial charge on any atom is -0.467 e. The van der Waals surface area contributed by atoms with Crippen LogP contribution in [-0.4, -0.2) is 17.4 Å². The molecular formula is C31H28N2O2. The number of anilines is 1. The number of aldehydes is 1. The summed E-state index contributed by atoms with van der Waals surface area (Å²) in [6, 6.07) is 39.8. The van der Waals surface area contributed by atoms with Gasteiger partial charge in [0.25, 0.3) is 0 Å². The average Bonchev–Trinajstić information content (AvgIpc) is 3.28. The van der Waals surface area contributed by atoms with Crippen molar-refractivity contribution >= 4 is 12.0 Å². The summed E-state index contributed by atoms with van der Waals surface area (Å²) in [7, 11) is 0. The molecule has 174 valence electrons. The van der Waals surface area contributed by atoms with E-state index in [4.69, 9.17) is 4.74 Å². The first-order valence-corrected chi connectivity index (χ1v) is 11.8. The minimum atomic E-state index is -0.628. The van der Waals surface area contributed by atoms with E-state index in [1.165, 1.54) is 0 Å². The van der Waals surface area contributed by atoms with Gasteiger partial charge in [-0.15, -0.1) is 0 Å². The molecule has 4 heteroatoms. The lowest BCUT2D eigenvalue weighted by Crippen LogP contribution is -2.38. The number of para-hydroxylation sites is 1. The van der Waals surface area contributed by atoms with Gasteiger partial charge in [-0.2, -0.15) is 0 Å². The molecule has 1 atom stereocenters. The third-order valence-electron chi connectivity index (χ3n) is 6.41. The molecule has 4 nitrogen and oxygen atoms in total. The lowest BCUT2D eigenvalue weighted by atomic mass is 9.76. The zero-order chi connectivity index (χ0) is 24.1. The van der Waals surface area contributed by atoms with Gasteiger partial charge in [-0.3, -0.25) is 4.79 Å². The van der Waals surface area contributed by atoms with Crippen molar-refractivity contribution in [3.63, 3.8) is 0 Å². The Morgan fingerprint density at radius 2 is 1.26 bits per heavy atom. The number of rotatable bonds is 8. The number of nitrogens with one attached hydrogen (secondary N) is 1. The molecule has 0 amide bonds. The molecule has 1 heterocycles. The second-order valence-electron chi connectivity index (χ2n) is 8.69. The summed E-state index contributed by atoms with van der Waals surface area (Å²) in [5, 5.41) is 3.95. The van der Waals surface area contributed by atoms with Crippen LogP contribution in [0.25, 0.3) is 0 Å². The Morgan fingerprint density at radius 1 is 0.771 bits per heavy atom. The Hall–Kier alpha value is -4.31. The molecular weight excluding hydrogens is 432 g/mol. The zero-order valence-corrected chi connectivity index (χ0v) is 19.7. The summed E-state index contributed by atoms with van der Waals surface area (Å²) in [6.45, 7) is 2.41. The van der Waals surface area contributed by atoms with Crippen molar-refractivity contribution in [1.29, 1.82) is 0 Å². The molecule has 35 heavy (non-hydrogen) atoms. The van der Waals surface area contributed by atoms with Gasteiger partial charge in [-0.1, -0.05) is 109 Å². The van der Waals surface area contributed by atoms with Crippen LogP contribution in [0.3, 0.4) is 0 Å². The molecule has 1 aliphatic heterocycles. The summed E-state index contributed by atoms with van der Waals surface area (Å²) in [4.78, 5) is 13.5. The van der Waals surface area contributed by atoms with Crippen molar-refractivity contribution in [2.24, 2.45) is 0 Å². The van der Waals surface area contributed by atoms with Crippen LogP contribution < -0.4 is 5.32 Å². The number of ether oxygens (including phenoxy) is 1. The van der Waals surface area contributed by atoms with Crippen LogP contribution in [0.15, 0.2) is 127 Å². The second kappa shape index (κ2) is 9.90. The average molecular weight is 461 g/mol. The molecule has 0 aromatic heterocycles.